The van der Waals surface area contributed by atoms with Gasteiger partial charge < -0.3 is 24.8 Å². The molecule has 0 aromatic heterocycles. The fourth-order valence-corrected chi connectivity index (χ4v) is 3.31. The SMILES string of the molecule is C/C=C/CCCCCCCCCCCCOC[C@H](O)[C@@H]1OC[C@@H](O)[C@@H]1O. The van der Waals surface area contributed by atoms with Crippen molar-refractivity contribution < 1.29 is 24.8 Å². The average molecular weight is 373 g/mol. The van der Waals surface area contributed by atoms with E-state index in [1.54, 1.807) is 0 Å². The first-order chi connectivity index (χ1) is 12.7. The lowest BCUT2D eigenvalue weighted by Crippen LogP contribution is -2.40. The Morgan fingerprint density at radius 2 is 1.54 bits per heavy atom. The summed E-state index contributed by atoms with van der Waals surface area (Å²) >= 11 is 0. The lowest BCUT2D eigenvalue weighted by molar-refractivity contribution is -0.0813. The standard InChI is InChI=1S/C21H40O5/c1-2-3-4-5-6-7-8-9-10-11-12-13-14-15-25-16-19(23)21-20(24)18(22)17-26-21/h2-3,18-24H,4-17H2,1H3/b3-2+/t18-,19+,20+,21+/m1/s1. The molecule has 0 unspecified atom stereocenters. The molecule has 154 valence electrons. The summed E-state index contributed by atoms with van der Waals surface area (Å²) in [5.74, 6) is 0. The molecule has 0 bridgehead atoms. The Kier molecular flexibility index (Phi) is 14.1. The maximum absolute atomic E-state index is 9.92. The predicted molar refractivity (Wildman–Crippen MR) is 104 cm³/mol. The van der Waals surface area contributed by atoms with Crippen LogP contribution in [-0.2, 0) is 9.47 Å². The van der Waals surface area contributed by atoms with Crippen LogP contribution in [0, 0.1) is 0 Å². The Labute approximate surface area is 159 Å². The number of aliphatic hydroxyl groups is 3. The highest BCUT2D eigenvalue weighted by atomic mass is 16.5. The van der Waals surface area contributed by atoms with E-state index in [1.807, 2.05) is 0 Å². The van der Waals surface area contributed by atoms with Crippen molar-refractivity contribution in [1.29, 1.82) is 0 Å². The summed E-state index contributed by atoms with van der Waals surface area (Å²) in [5.41, 5.74) is 0. The average Bonchev–Trinajstić information content (AvgIpc) is 2.97. The summed E-state index contributed by atoms with van der Waals surface area (Å²) < 4.78 is 10.6. The van der Waals surface area contributed by atoms with Crippen molar-refractivity contribution in [3.63, 3.8) is 0 Å². The van der Waals surface area contributed by atoms with Gasteiger partial charge in [0.15, 0.2) is 0 Å². The number of unbranched alkanes of at least 4 members (excludes halogenated alkanes) is 10. The molecule has 4 atom stereocenters. The molecule has 3 N–H and O–H groups in total. The molecule has 1 aliphatic rings. The lowest BCUT2D eigenvalue weighted by Gasteiger charge is -2.20. The van der Waals surface area contributed by atoms with Crippen LogP contribution in [0.25, 0.3) is 0 Å². The maximum Gasteiger partial charge on any atom is 0.114 e. The minimum absolute atomic E-state index is 0.0685. The van der Waals surface area contributed by atoms with Gasteiger partial charge in [0.2, 0.25) is 0 Å². The molecule has 0 aromatic rings. The quantitative estimate of drug-likeness (QED) is 0.286. The fraction of sp³-hybridized carbons (Fsp3) is 0.905. The molecule has 0 aromatic carbocycles. The monoisotopic (exact) mass is 372 g/mol. The van der Waals surface area contributed by atoms with Gasteiger partial charge in [-0.25, -0.2) is 0 Å². The zero-order valence-electron chi connectivity index (χ0n) is 16.5. The van der Waals surface area contributed by atoms with Crippen LogP contribution < -0.4 is 0 Å². The first kappa shape index (κ1) is 23.6. The number of allylic oxidation sites excluding steroid dienone is 2. The molecule has 26 heavy (non-hydrogen) atoms. The van der Waals surface area contributed by atoms with Crippen molar-refractivity contribution in [3.8, 4) is 0 Å². The summed E-state index contributed by atoms with van der Waals surface area (Å²) in [7, 11) is 0. The van der Waals surface area contributed by atoms with Crippen molar-refractivity contribution in [3.05, 3.63) is 12.2 Å². The fourth-order valence-electron chi connectivity index (χ4n) is 3.31. The van der Waals surface area contributed by atoms with Crippen LogP contribution in [0.1, 0.15) is 77.6 Å². The molecule has 0 amide bonds. The van der Waals surface area contributed by atoms with E-state index in [0.29, 0.717) is 6.61 Å². The van der Waals surface area contributed by atoms with Crippen molar-refractivity contribution in [2.24, 2.45) is 0 Å². The van der Waals surface area contributed by atoms with E-state index in [4.69, 9.17) is 9.47 Å². The number of rotatable bonds is 16. The maximum atomic E-state index is 9.92. The largest absolute Gasteiger partial charge is 0.388 e. The second kappa shape index (κ2) is 15.6. The van der Waals surface area contributed by atoms with Gasteiger partial charge in [-0.3, -0.25) is 0 Å². The molecule has 0 spiro atoms. The topological polar surface area (TPSA) is 79.2 Å². The third kappa shape index (κ3) is 10.6. The Bertz CT molecular complexity index is 347. The van der Waals surface area contributed by atoms with E-state index in [9.17, 15) is 15.3 Å². The molecule has 5 heteroatoms. The van der Waals surface area contributed by atoms with Crippen molar-refractivity contribution in [2.75, 3.05) is 19.8 Å². The smallest absolute Gasteiger partial charge is 0.114 e. The molecule has 5 nitrogen and oxygen atoms in total. The van der Waals surface area contributed by atoms with Gasteiger partial charge in [-0.15, -0.1) is 0 Å². The number of hydrogen-bond donors (Lipinski definition) is 3. The van der Waals surface area contributed by atoms with Crippen LogP contribution in [0.15, 0.2) is 12.2 Å². The van der Waals surface area contributed by atoms with Gasteiger partial charge in [-0.05, 0) is 26.2 Å². The third-order valence-electron chi connectivity index (χ3n) is 5.00. The zero-order valence-corrected chi connectivity index (χ0v) is 16.5. The minimum Gasteiger partial charge on any atom is -0.388 e. The highest BCUT2D eigenvalue weighted by Gasteiger charge is 2.39. The summed E-state index contributed by atoms with van der Waals surface area (Å²) in [6.07, 6.45) is 14.8. The number of hydrogen-bond acceptors (Lipinski definition) is 5. The van der Waals surface area contributed by atoms with Crippen LogP contribution in [0.3, 0.4) is 0 Å². The molecule has 1 fully saturated rings. The Morgan fingerprint density at radius 1 is 0.962 bits per heavy atom. The minimum atomic E-state index is -1.03. The van der Waals surface area contributed by atoms with Gasteiger partial charge in [0.25, 0.3) is 0 Å². The van der Waals surface area contributed by atoms with E-state index in [0.717, 1.165) is 12.8 Å². The van der Waals surface area contributed by atoms with E-state index < -0.39 is 24.4 Å². The highest BCUT2D eigenvalue weighted by Crippen LogP contribution is 2.18. The van der Waals surface area contributed by atoms with Crippen LogP contribution in [-0.4, -0.2) is 59.6 Å². The van der Waals surface area contributed by atoms with Gasteiger partial charge in [-0.2, -0.15) is 0 Å². The summed E-state index contributed by atoms with van der Waals surface area (Å²) in [4.78, 5) is 0. The van der Waals surface area contributed by atoms with Gasteiger partial charge in [0.05, 0.1) is 13.2 Å². The molecule has 1 rings (SSSR count). The molecule has 0 radical (unpaired) electrons. The van der Waals surface area contributed by atoms with Crippen LogP contribution in [0.4, 0.5) is 0 Å². The molecule has 0 saturated carbocycles. The summed E-state index contributed by atoms with van der Waals surface area (Å²) in [6.45, 7) is 2.91. The molecule has 1 saturated heterocycles. The van der Waals surface area contributed by atoms with E-state index in [2.05, 4.69) is 19.1 Å². The number of aliphatic hydroxyl groups excluding tert-OH is 3. The molecule has 0 aliphatic carbocycles. The summed E-state index contributed by atoms with van der Waals surface area (Å²) in [5, 5.41) is 29.0. The zero-order chi connectivity index (χ0) is 19.0. The second-order valence-electron chi connectivity index (χ2n) is 7.39. The molecular formula is C21H40O5. The highest BCUT2D eigenvalue weighted by molar-refractivity contribution is 4.87. The summed E-state index contributed by atoms with van der Waals surface area (Å²) in [6, 6.07) is 0. The lowest BCUT2D eigenvalue weighted by atomic mass is 10.1. The first-order valence-electron chi connectivity index (χ1n) is 10.5. The first-order valence-corrected chi connectivity index (χ1v) is 10.5. The van der Waals surface area contributed by atoms with E-state index >= 15 is 0 Å². The Morgan fingerprint density at radius 3 is 2.08 bits per heavy atom. The van der Waals surface area contributed by atoms with Crippen LogP contribution in [0.2, 0.25) is 0 Å². The van der Waals surface area contributed by atoms with Gasteiger partial charge in [0, 0.05) is 6.61 Å². The van der Waals surface area contributed by atoms with E-state index in [-0.39, 0.29) is 13.2 Å². The normalized spacial score (nSPS) is 24.5. The van der Waals surface area contributed by atoms with Crippen molar-refractivity contribution in [1.82, 2.24) is 0 Å². The van der Waals surface area contributed by atoms with E-state index in [1.165, 1.54) is 57.8 Å². The molecular weight excluding hydrogens is 332 g/mol. The Hall–Kier alpha value is -0.460. The van der Waals surface area contributed by atoms with Gasteiger partial charge in [-0.1, -0.05) is 63.5 Å². The third-order valence-corrected chi connectivity index (χ3v) is 5.00. The van der Waals surface area contributed by atoms with Crippen molar-refractivity contribution >= 4 is 0 Å². The molecule has 1 aliphatic heterocycles. The molecule has 1 heterocycles. The second-order valence-corrected chi connectivity index (χ2v) is 7.39. The van der Waals surface area contributed by atoms with Crippen LogP contribution >= 0.6 is 0 Å². The van der Waals surface area contributed by atoms with Gasteiger partial charge in [0.1, 0.15) is 24.4 Å². The number of ether oxygens (including phenoxy) is 2. The predicted octanol–water partition coefficient (Wildman–Crippen LogP) is 3.35. The van der Waals surface area contributed by atoms with Crippen LogP contribution in [0.5, 0.6) is 0 Å². The van der Waals surface area contributed by atoms with Gasteiger partial charge >= 0.3 is 0 Å². The van der Waals surface area contributed by atoms with Crippen molar-refractivity contribution in [2.45, 2.75) is 102 Å². The Balaban J connectivity index is 1.80.